The van der Waals surface area contributed by atoms with E-state index in [4.69, 9.17) is 5.11 Å². The van der Waals surface area contributed by atoms with E-state index in [1.165, 1.54) is 0 Å². The number of pyridine rings is 1. The molecule has 2 amide bonds. The Morgan fingerprint density at radius 3 is 3.00 bits per heavy atom. The van der Waals surface area contributed by atoms with Crippen molar-refractivity contribution in [2.75, 3.05) is 18.5 Å². The predicted molar refractivity (Wildman–Crippen MR) is 62.6 cm³/mol. The van der Waals surface area contributed by atoms with Gasteiger partial charge in [0.25, 0.3) is 0 Å². The molecule has 2 rings (SSSR count). The van der Waals surface area contributed by atoms with Gasteiger partial charge in [-0.15, -0.1) is 0 Å². The van der Waals surface area contributed by atoms with Crippen LogP contribution in [0.3, 0.4) is 0 Å². The lowest BCUT2D eigenvalue weighted by Crippen LogP contribution is -2.36. The summed E-state index contributed by atoms with van der Waals surface area (Å²) in [6.07, 6.45) is 1.57. The van der Waals surface area contributed by atoms with Gasteiger partial charge in [0.05, 0.1) is 12.0 Å². The lowest BCUT2D eigenvalue weighted by Gasteiger charge is -2.03. The third-order valence-electron chi connectivity index (χ3n) is 2.17. The average Bonchev–Trinajstić information content (AvgIpc) is 2.79. The van der Waals surface area contributed by atoms with Gasteiger partial charge in [-0.1, -0.05) is 0 Å². The summed E-state index contributed by atoms with van der Waals surface area (Å²) < 4.78 is 0. The third kappa shape index (κ3) is 2.43. The van der Waals surface area contributed by atoms with Crippen LogP contribution in [0.1, 0.15) is 0 Å². The van der Waals surface area contributed by atoms with Crippen molar-refractivity contribution >= 4 is 28.7 Å². The molecule has 8 nitrogen and oxygen atoms in total. The molecular weight excluding hydrogens is 238 g/mol. The van der Waals surface area contributed by atoms with Gasteiger partial charge >= 0.3 is 11.8 Å². The zero-order valence-electron chi connectivity index (χ0n) is 9.30. The van der Waals surface area contributed by atoms with Crippen LogP contribution in [0.2, 0.25) is 0 Å². The molecule has 2 aromatic rings. The highest BCUT2D eigenvalue weighted by atomic mass is 16.3. The molecule has 0 aromatic carbocycles. The summed E-state index contributed by atoms with van der Waals surface area (Å²) >= 11 is 0. The van der Waals surface area contributed by atoms with Crippen LogP contribution in [0.15, 0.2) is 18.3 Å². The van der Waals surface area contributed by atoms with Crippen molar-refractivity contribution in [2.24, 2.45) is 0 Å². The van der Waals surface area contributed by atoms with E-state index in [1.807, 2.05) is 0 Å². The summed E-state index contributed by atoms with van der Waals surface area (Å²) in [4.78, 5) is 26.7. The number of hydrogen-bond acceptors (Lipinski definition) is 5. The summed E-state index contributed by atoms with van der Waals surface area (Å²) in [5.41, 5.74) is 0.448. The number of aromatic nitrogens is 3. The number of nitrogens with zero attached hydrogens (tertiary/aromatic N) is 2. The molecule has 0 radical (unpaired) electrons. The van der Waals surface area contributed by atoms with Crippen molar-refractivity contribution in [3.63, 3.8) is 0 Å². The van der Waals surface area contributed by atoms with Crippen LogP contribution in [0.25, 0.3) is 11.0 Å². The van der Waals surface area contributed by atoms with Crippen LogP contribution in [0, 0.1) is 0 Å². The molecule has 0 aliphatic carbocycles. The smallest absolute Gasteiger partial charge is 0.314 e. The number of anilines is 1. The van der Waals surface area contributed by atoms with E-state index < -0.39 is 11.8 Å². The van der Waals surface area contributed by atoms with Gasteiger partial charge in [0, 0.05) is 12.7 Å². The molecule has 2 heterocycles. The van der Waals surface area contributed by atoms with Gasteiger partial charge in [-0.2, -0.15) is 5.10 Å². The summed E-state index contributed by atoms with van der Waals surface area (Å²) in [6.45, 7) is -0.201. The second-order valence-electron chi connectivity index (χ2n) is 3.41. The largest absolute Gasteiger partial charge is 0.395 e. The first-order chi connectivity index (χ1) is 8.72. The predicted octanol–water partition coefficient (Wildman–Crippen LogP) is -0.995. The van der Waals surface area contributed by atoms with Crippen molar-refractivity contribution in [2.45, 2.75) is 0 Å². The maximum atomic E-state index is 11.5. The molecule has 94 valence electrons. The van der Waals surface area contributed by atoms with E-state index in [9.17, 15) is 9.59 Å². The molecule has 0 saturated heterocycles. The number of aliphatic hydroxyl groups is 1. The minimum Gasteiger partial charge on any atom is -0.395 e. The van der Waals surface area contributed by atoms with E-state index in [0.717, 1.165) is 0 Å². The van der Waals surface area contributed by atoms with Crippen molar-refractivity contribution in [3.8, 4) is 0 Å². The van der Waals surface area contributed by atoms with Crippen LogP contribution >= 0.6 is 0 Å². The van der Waals surface area contributed by atoms with Crippen molar-refractivity contribution in [3.05, 3.63) is 18.3 Å². The quantitative estimate of drug-likeness (QED) is 0.520. The third-order valence-corrected chi connectivity index (χ3v) is 2.17. The fraction of sp³-hybridized carbons (Fsp3) is 0.200. The Morgan fingerprint density at radius 1 is 1.39 bits per heavy atom. The Balaban J connectivity index is 2.09. The topological polar surface area (TPSA) is 120 Å². The first kappa shape index (κ1) is 12.0. The summed E-state index contributed by atoms with van der Waals surface area (Å²) in [5.74, 6) is -1.35. The Kier molecular flexibility index (Phi) is 3.49. The van der Waals surface area contributed by atoms with Gasteiger partial charge in [0.1, 0.15) is 5.82 Å². The minimum absolute atomic E-state index is 0.0253. The molecule has 0 fully saturated rings. The molecule has 2 aromatic heterocycles. The summed E-state index contributed by atoms with van der Waals surface area (Å²) in [7, 11) is 0. The monoisotopic (exact) mass is 249 g/mol. The molecule has 0 atom stereocenters. The van der Waals surface area contributed by atoms with Gasteiger partial charge < -0.3 is 15.7 Å². The highest BCUT2D eigenvalue weighted by Crippen LogP contribution is 2.17. The lowest BCUT2D eigenvalue weighted by atomic mass is 10.3. The maximum Gasteiger partial charge on any atom is 0.314 e. The van der Waals surface area contributed by atoms with E-state index in [-0.39, 0.29) is 13.2 Å². The first-order valence-electron chi connectivity index (χ1n) is 5.21. The zero-order valence-corrected chi connectivity index (χ0v) is 9.30. The lowest BCUT2D eigenvalue weighted by molar-refractivity contribution is -0.136. The van der Waals surface area contributed by atoms with Gasteiger partial charge in [-0.25, -0.2) is 4.98 Å². The second-order valence-corrected chi connectivity index (χ2v) is 3.41. The van der Waals surface area contributed by atoms with E-state index >= 15 is 0 Å². The number of carbonyl (C=O) groups excluding carboxylic acids is 2. The number of carbonyl (C=O) groups is 2. The van der Waals surface area contributed by atoms with Crippen LogP contribution < -0.4 is 10.6 Å². The van der Waals surface area contributed by atoms with Crippen LogP contribution in [-0.2, 0) is 9.59 Å². The highest BCUT2D eigenvalue weighted by Gasteiger charge is 2.15. The Hall–Kier alpha value is -2.48. The molecular formula is C10H11N5O3. The number of fused-ring (bicyclic) bond motifs is 1. The number of aromatic amines is 1. The first-order valence-corrected chi connectivity index (χ1v) is 5.21. The van der Waals surface area contributed by atoms with Crippen LogP contribution in [-0.4, -0.2) is 45.3 Å². The average molecular weight is 249 g/mol. The molecule has 0 bridgehead atoms. The molecule has 8 heteroatoms. The SMILES string of the molecule is O=C(NCCO)C(=O)Nc1[nH]nc2ncccc12. The van der Waals surface area contributed by atoms with Crippen molar-refractivity contribution in [1.29, 1.82) is 0 Å². The normalized spacial score (nSPS) is 10.3. The van der Waals surface area contributed by atoms with Crippen LogP contribution in [0.4, 0.5) is 5.82 Å². The summed E-state index contributed by atoms with van der Waals surface area (Å²) in [6, 6.07) is 3.41. The van der Waals surface area contributed by atoms with Gasteiger partial charge in [0.2, 0.25) is 0 Å². The molecule has 0 unspecified atom stereocenters. The molecule has 0 spiro atoms. The second kappa shape index (κ2) is 5.23. The molecule has 18 heavy (non-hydrogen) atoms. The number of rotatable bonds is 3. The molecule has 0 saturated carbocycles. The fourth-order valence-corrected chi connectivity index (χ4v) is 1.37. The number of aliphatic hydroxyl groups excluding tert-OH is 1. The Labute approximate surface area is 101 Å². The van der Waals surface area contributed by atoms with E-state index in [2.05, 4.69) is 25.8 Å². The fourth-order valence-electron chi connectivity index (χ4n) is 1.37. The number of hydrogen-bond donors (Lipinski definition) is 4. The van der Waals surface area contributed by atoms with E-state index in [1.54, 1.807) is 18.3 Å². The maximum absolute atomic E-state index is 11.5. The summed E-state index contributed by atoms with van der Waals surface area (Å²) in [5, 5.41) is 20.2. The number of nitrogens with one attached hydrogen (secondary N) is 3. The molecule has 4 N–H and O–H groups in total. The van der Waals surface area contributed by atoms with Gasteiger partial charge in [-0.3, -0.25) is 14.7 Å². The zero-order chi connectivity index (χ0) is 13.0. The number of H-pyrrole nitrogens is 1. The number of amides is 2. The standard InChI is InChI=1S/C10H11N5O3/c16-5-4-12-9(17)10(18)13-8-6-2-1-3-11-7(6)14-15-8/h1-3,16H,4-5H2,(H,12,17)(H2,11,13,14,15,18). The van der Waals surface area contributed by atoms with Gasteiger partial charge in [-0.05, 0) is 12.1 Å². The van der Waals surface area contributed by atoms with Crippen LogP contribution in [0.5, 0.6) is 0 Å². The molecule has 0 aliphatic rings. The minimum atomic E-state index is -0.835. The van der Waals surface area contributed by atoms with Crippen molar-refractivity contribution in [1.82, 2.24) is 20.5 Å². The Bertz CT molecular complexity index is 580. The Morgan fingerprint density at radius 2 is 2.22 bits per heavy atom. The van der Waals surface area contributed by atoms with Crippen molar-refractivity contribution < 1.29 is 14.7 Å². The highest BCUT2D eigenvalue weighted by molar-refractivity contribution is 6.40. The van der Waals surface area contributed by atoms with Gasteiger partial charge in [0.15, 0.2) is 5.65 Å². The molecule has 0 aliphatic heterocycles. The van der Waals surface area contributed by atoms with E-state index in [0.29, 0.717) is 16.9 Å².